The first-order valence-corrected chi connectivity index (χ1v) is 5.38. The number of fused-ring (bicyclic) bond motifs is 1. The van der Waals surface area contributed by atoms with Gasteiger partial charge in [0.25, 0.3) is 0 Å². The highest BCUT2D eigenvalue weighted by molar-refractivity contribution is 14.1. The Labute approximate surface area is 95.8 Å². The molecule has 0 saturated heterocycles. The summed E-state index contributed by atoms with van der Waals surface area (Å²) < 4.78 is 1.51. The molecule has 0 atom stereocenters. The molecule has 13 heavy (non-hydrogen) atoms. The normalized spacial score (nSPS) is 10.6. The average molecular weight is 351 g/mol. The number of pyridine rings is 2. The van der Waals surface area contributed by atoms with Crippen molar-refractivity contribution in [2.45, 2.75) is 0 Å². The molecule has 66 valence electrons. The zero-order valence-electron chi connectivity index (χ0n) is 6.34. The van der Waals surface area contributed by atoms with Gasteiger partial charge in [0.05, 0.1) is 9.09 Å². The van der Waals surface area contributed by atoms with Gasteiger partial charge in [0, 0.05) is 16.9 Å². The Hall–Kier alpha value is -0.430. The van der Waals surface area contributed by atoms with Gasteiger partial charge in [0.2, 0.25) is 5.43 Å². The summed E-state index contributed by atoms with van der Waals surface area (Å²) in [5, 5.41) is 0. The molecule has 0 bridgehead atoms. The molecule has 1 N–H and O–H groups in total. The predicted octanol–water partition coefficient (Wildman–Crippen LogP) is 2.29. The Balaban J connectivity index is 2.95. The lowest BCUT2D eigenvalue weighted by molar-refractivity contribution is 1.28. The van der Waals surface area contributed by atoms with Crippen LogP contribution >= 0.6 is 38.5 Å². The van der Waals surface area contributed by atoms with E-state index < -0.39 is 0 Å². The highest BCUT2D eigenvalue weighted by Gasteiger charge is 2.03. The molecule has 2 aromatic heterocycles. The molecule has 3 nitrogen and oxygen atoms in total. The lowest BCUT2D eigenvalue weighted by Gasteiger charge is -1.97. The van der Waals surface area contributed by atoms with E-state index in [4.69, 9.17) is 0 Å². The highest BCUT2D eigenvalue weighted by Crippen LogP contribution is 2.13. The van der Waals surface area contributed by atoms with Crippen molar-refractivity contribution in [3.8, 4) is 0 Å². The fraction of sp³-hybridized carbons (Fsp3) is 0. The van der Waals surface area contributed by atoms with Gasteiger partial charge in [0.1, 0.15) is 5.52 Å². The van der Waals surface area contributed by atoms with E-state index in [-0.39, 0.29) is 5.43 Å². The van der Waals surface area contributed by atoms with E-state index in [9.17, 15) is 4.79 Å². The summed E-state index contributed by atoms with van der Waals surface area (Å²) in [5.41, 5.74) is 1.21. The number of hydrogen-bond donors (Lipinski definition) is 1. The molecule has 0 aliphatic rings. The number of hydrogen-bond acceptors (Lipinski definition) is 2. The first-order chi connectivity index (χ1) is 6.18. The molecule has 0 aromatic carbocycles. The molecule has 0 unspecified atom stereocenters. The fourth-order valence-corrected chi connectivity index (χ4v) is 1.79. The molecule has 0 spiro atoms. The Morgan fingerprint density at radius 2 is 2.31 bits per heavy atom. The molecular weight excluding hydrogens is 347 g/mol. The molecule has 2 heterocycles. The van der Waals surface area contributed by atoms with E-state index in [2.05, 4.69) is 25.9 Å². The van der Waals surface area contributed by atoms with Crippen LogP contribution in [0.5, 0.6) is 0 Å². The summed E-state index contributed by atoms with van der Waals surface area (Å²) in [5.74, 6) is 0. The van der Waals surface area contributed by atoms with Crippen molar-refractivity contribution >= 4 is 49.6 Å². The van der Waals surface area contributed by atoms with Gasteiger partial charge in [-0.1, -0.05) is 0 Å². The lowest BCUT2D eigenvalue weighted by Crippen LogP contribution is -2.07. The second kappa shape index (κ2) is 3.38. The zero-order chi connectivity index (χ0) is 9.42. The third kappa shape index (κ3) is 1.62. The van der Waals surface area contributed by atoms with Gasteiger partial charge in [-0.25, -0.2) is 4.98 Å². The van der Waals surface area contributed by atoms with Crippen molar-refractivity contribution in [1.29, 1.82) is 0 Å². The van der Waals surface area contributed by atoms with Crippen LogP contribution in [0.3, 0.4) is 0 Å². The number of nitrogens with one attached hydrogen (secondary N) is 1. The van der Waals surface area contributed by atoms with Crippen LogP contribution in [0.4, 0.5) is 0 Å². The topological polar surface area (TPSA) is 45.8 Å². The first kappa shape index (κ1) is 9.14. The maximum absolute atomic E-state index is 11.5. The fourth-order valence-electron chi connectivity index (χ4n) is 1.05. The van der Waals surface area contributed by atoms with Crippen LogP contribution in [0.15, 0.2) is 27.7 Å². The van der Waals surface area contributed by atoms with Crippen LogP contribution in [0.2, 0.25) is 0 Å². The Morgan fingerprint density at radius 3 is 3.08 bits per heavy atom. The molecule has 0 radical (unpaired) electrons. The zero-order valence-corrected chi connectivity index (χ0v) is 10.1. The number of H-pyrrole nitrogens is 1. The van der Waals surface area contributed by atoms with E-state index in [1.54, 1.807) is 12.4 Å². The summed E-state index contributed by atoms with van der Waals surface area (Å²) in [7, 11) is 0. The summed E-state index contributed by atoms with van der Waals surface area (Å²) in [6, 6.07) is 1.83. The van der Waals surface area contributed by atoms with Crippen molar-refractivity contribution in [1.82, 2.24) is 9.97 Å². The van der Waals surface area contributed by atoms with Crippen molar-refractivity contribution in [3.63, 3.8) is 0 Å². The van der Waals surface area contributed by atoms with Gasteiger partial charge >= 0.3 is 0 Å². The van der Waals surface area contributed by atoms with Crippen molar-refractivity contribution in [2.24, 2.45) is 0 Å². The molecule has 0 fully saturated rings. The summed E-state index contributed by atoms with van der Waals surface area (Å²) in [6.45, 7) is 0. The SMILES string of the molecule is O=c1c(I)c[nH]c2cc(Br)cnc12. The number of aromatic nitrogens is 2. The Bertz CT molecular complexity index is 523. The number of nitrogens with zero attached hydrogens (tertiary/aromatic N) is 1. The molecule has 5 heteroatoms. The van der Waals surface area contributed by atoms with Gasteiger partial charge in [-0.3, -0.25) is 4.79 Å². The molecular formula is C8H4BrIN2O. The highest BCUT2D eigenvalue weighted by atomic mass is 127. The molecule has 0 aliphatic carbocycles. The van der Waals surface area contributed by atoms with Crippen molar-refractivity contribution in [2.75, 3.05) is 0 Å². The number of rotatable bonds is 0. The van der Waals surface area contributed by atoms with Gasteiger partial charge < -0.3 is 4.98 Å². The van der Waals surface area contributed by atoms with Crippen LogP contribution in [0.1, 0.15) is 0 Å². The van der Waals surface area contributed by atoms with E-state index >= 15 is 0 Å². The minimum Gasteiger partial charge on any atom is -0.359 e. The van der Waals surface area contributed by atoms with E-state index in [0.29, 0.717) is 9.09 Å². The first-order valence-electron chi connectivity index (χ1n) is 3.51. The van der Waals surface area contributed by atoms with Crippen LogP contribution in [0, 0.1) is 3.57 Å². The standard InChI is InChI=1S/C8H4BrIN2O/c9-4-1-6-7(12-2-4)8(13)5(10)3-11-6/h1-3H,(H,11,13). The average Bonchev–Trinajstić information content (AvgIpc) is 2.12. The third-order valence-corrected chi connectivity index (χ3v) is 2.88. The lowest BCUT2D eigenvalue weighted by atomic mass is 10.3. The van der Waals surface area contributed by atoms with E-state index in [1.807, 2.05) is 28.7 Å². The third-order valence-electron chi connectivity index (χ3n) is 1.64. The van der Waals surface area contributed by atoms with Gasteiger partial charge in [-0.2, -0.15) is 0 Å². The van der Waals surface area contributed by atoms with Gasteiger partial charge in [-0.15, -0.1) is 0 Å². The maximum atomic E-state index is 11.5. The number of aromatic amines is 1. The smallest absolute Gasteiger partial charge is 0.221 e. The molecule has 0 amide bonds. The minimum atomic E-state index is -0.0261. The molecule has 2 rings (SSSR count). The van der Waals surface area contributed by atoms with Crippen LogP contribution < -0.4 is 5.43 Å². The number of halogens is 2. The van der Waals surface area contributed by atoms with Crippen molar-refractivity contribution in [3.05, 3.63) is 36.7 Å². The quantitative estimate of drug-likeness (QED) is 0.741. The largest absolute Gasteiger partial charge is 0.359 e. The Kier molecular flexibility index (Phi) is 2.37. The predicted molar refractivity (Wildman–Crippen MR) is 62.8 cm³/mol. The monoisotopic (exact) mass is 350 g/mol. The minimum absolute atomic E-state index is 0.0261. The van der Waals surface area contributed by atoms with Crippen LogP contribution in [0.25, 0.3) is 11.0 Å². The Morgan fingerprint density at radius 1 is 1.54 bits per heavy atom. The van der Waals surface area contributed by atoms with Gasteiger partial charge in [0.15, 0.2) is 0 Å². The molecule has 0 aliphatic heterocycles. The van der Waals surface area contributed by atoms with E-state index in [0.717, 1.165) is 9.99 Å². The summed E-state index contributed by atoms with van der Waals surface area (Å²) >= 11 is 5.27. The van der Waals surface area contributed by atoms with Gasteiger partial charge in [-0.05, 0) is 44.6 Å². The van der Waals surface area contributed by atoms with E-state index in [1.165, 1.54) is 0 Å². The van der Waals surface area contributed by atoms with Crippen LogP contribution in [-0.4, -0.2) is 9.97 Å². The van der Waals surface area contributed by atoms with Crippen molar-refractivity contribution < 1.29 is 0 Å². The van der Waals surface area contributed by atoms with Crippen LogP contribution in [-0.2, 0) is 0 Å². The second-order valence-electron chi connectivity index (χ2n) is 2.52. The second-order valence-corrected chi connectivity index (χ2v) is 4.59. The molecule has 2 aromatic rings. The summed E-state index contributed by atoms with van der Waals surface area (Å²) in [4.78, 5) is 18.6. The molecule has 0 saturated carbocycles. The summed E-state index contributed by atoms with van der Waals surface area (Å²) in [6.07, 6.45) is 3.30. The maximum Gasteiger partial charge on any atom is 0.221 e.